The molecular weight excluding hydrogens is 466 g/mol. The number of carbonyl (C=O) groups excluding carboxylic acids is 2. The molecule has 2 aromatic carbocycles. The Kier molecular flexibility index (Phi) is 7.02. The Balaban J connectivity index is 1.65. The molecule has 0 aliphatic rings. The lowest BCUT2D eigenvalue weighted by atomic mass is 10.1. The van der Waals surface area contributed by atoms with E-state index < -0.39 is 18.5 Å². The highest BCUT2D eigenvalue weighted by Crippen LogP contribution is 2.34. The molecule has 2 heterocycles. The number of esters is 1. The Morgan fingerprint density at radius 2 is 1.80 bits per heavy atom. The number of aryl methyl sites for hydroxylation is 2. The van der Waals surface area contributed by atoms with E-state index in [4.69, 9.17) is 13.9 Å². The van der Waals surface area contributed by atoms with Crippen molar-refractivity contribution >= 4 is 39.2 Å². The van der Waals surface area contributed by atoms with Crippen LogP contribution < -0.4 is 15.5 Å². The summed E-state index contributed by atoms with van der Waals surface area (Å²) >= 11 is 1.28. The van der Waals surface area contributed by atoms with Crippen LogP contribution in [-0.2, 0) is 9.53 Å². The van der Waals surface area contributed by atoms with Gasteiger partial charge in [-0.05, 0) is 45.4 Å². The maximum atomic E-state index is 13.3. The lowest BCUT2D eigenvalue weighted by Gasteiger charge is -2.12. The van der Waals surface area contributed by atoms with Gasteiger partial charge in [-0.25, -0.2) is 4.79 Å². The maximum absolute atomic E-state index is 13.3. The lowest BCUT2D eigenvalue weighted by Crippen LogP contribution is -2.23. The fourth-order valence-corrected chi connectivity index (χ4v) is 4.73. The second-order valence-corrected chi connectivity index (χ2v) is 9.22. The highest BCUT2D eigenvalue weighted by Gasteiger charge is 2.23. The van der Waals surface area contributed by atoms with Crippen LogP contribution in [0.25, 0.3) is 22.3 Å². The van der Waals surface area contributed by atoms with E-state index in [-0.39, 0.29) is 23.5 Å². The van der Waals surface area contributed by atoms with Crippen molar-refractivity contribution in [1.82, 2.24) is 0 Å². The first-order chi connectivity index (χ1) is 16.8. The number of benzene rings is 2. The molecule has 180 valence electrons. The minimum atomic E-state index is -0.514. The Hall–Kier alpha value is -3.91. The van der Waals surface area contributed by atoms with Crippen LogP contribution >= 0.6 is 11.3 Å². The number of hydrogen-bond acceptors (Lipinski definition) is 7. The second-order valence-electron chi connectivity index (χ2n) is 8.00. The molecule has 35 heavy (non-hydrogen) atoms. The molecule has 0 fully saturated rings. The van der Waals surface area contributed by atoms with Gasteiger partial charge in [0.15, 0.2) is 12.4 Å². The Labute approximate surface area is 206 Å². The van der Waals surface area contributed by atoms with E-state index in [1.165, 1.54) is 11.3 Å². The summed E-state index contributed by atoms with van der Waals surface area (Å²) in [5.74, 6) is -0.814. The van der Waals surface area contributed by atoms with Crippen molar-refractivity contribution in [3.05, 3.63) is 80.3 Å². The summed E-state index contributed by atoms with van der Waals surface area (Å²) in [6, 6.07) is 14.4. The van der Waals surface area contributed by atoms with E-state index in [0.717, 1.165) is 16.0 Å². The summed E-state index contributed by atoms with van der Waals surface area (Å²) in [5.41, 5.74) is 2.69. The van der Waals surface area contributed by atoms with E-state index in [2.05, 4.69) is 5.32 Å². The van der Waals surface area contributed by atoms with Gasteiger partial charge in [0, 0.05) is 10.4 Å². The van der Waals surface area contributed by atoms with Gasteiger partial charge in [0.25, 0.3) is 5.91 Å². The minimum absolute atomic E-state index is 0.0476. The number of anilines is 1. The van der Waals surface area contributed by atoms with Gasteiger partial charge < -0.3 is 19.2 Å². The highest BCUT2D eigenvalue weighted by molar-refractivity contribution is 7.16. The van der Waals surface area contributed by atoms with Crippen LogP contribution in [0.4, 0.5) is 5.00 Å². The number of amides is 1. The molecule has 0 aliphatic carbocycles. The van der Waals surface area contributed by atoms with Gasteiger partial charge in [0.05, 0.1) is 17.6 Å². The SMILES string of the molecule is CCOC(=O)c1c(NC(=O)COc2c(-c3ccccc3)oc3ccc(C)cc3c2=O)sc(C)c1C. The van der Waals surface area contributed by atoms with Crippen molar-refractivity contribution < 1.29 is 23.5 Å². The number of fused-ring (bicyclic) bond motifs is 1. The number of carbonyl (C=O) groups is 2. The molecule has 0 atom stereocenters. The molecule has 1 N–H and O–H groups in total. The van der Waals surface area contributed by atoms with Crippen molar-refractivity contribution in [2.24, 2.45) is 0 Å². The average molecular weight is 492 g/mol. The smallest absolute Gasteiger partial charge is 0.341 e. The van der Waals surface area contributed by atoms with Gasteiger partial charge in [-0.2, -0.15) is 0 Å². The Morgan fingerprint density at radius 3 is 2.51 bits per heavy atom. The third-order valence-electron chi connectivity index (χ3n) is 5.51. The highest BCUT2D eigenvalue weighted by atomic mass is 32.1. The van der Waals surface area contributed by atoms with E-state index in [1.54, 1.807) is 38.1 Å². The number of rotatable bonds is 7. The molecule has 2 aromatic heterocycles. The van der Waals surface area contributed by atoms with Crippen LogP contribution in [0.15, 0.2) is 57.7 Å². The predicted molar refractivity (Wildman–Crippen MR) is 137 cm³/mol. The van der Waals surface area contributed by atoms with Gasteiger partial charge in [0.2, 0.25) is 11.2 Å². The van der Waals surface area contributed by atoms with Crippen molar-refractivity contribution in [3.8, 4) is 17.1 Å². The number of ether oxygens (including phenoxy) is 2. The summed E-state index contributed by atoms with van der Waals surface area (Å²) in [4.78, 5) is 39.4. The molecular formula is C27H25NO6S. The van der Waals surface area contributed by atoms with Gasteiger partial charge in [-0.3, -0.25) is 9.59 Å². The first kappa shape index (κ1) is 24.2. The fourth-order valence-electron chi connectivity index (χ4n) is 3.67. The standard InChI is InChI=1S/C27H25NO6S/c1-5-32-27(31)22-16(3)17(4)35-26(22)28-21(29)14-33-25-23(30)19-13-15(2)11-12-20(19)34-24(25)18-9-7-6-8-10-18/h6-13H,5,14H2,1-4H3,(H,28,29). The van der Waals surface area contributed by atoms with Crippen molar-refractivity contribution in [3.63, 3.8) is 0 Å². The van der Waals surface area contributed by atoms with Crippen LogP contribution in [0.1, 0.15) is 33.3 Å². The zero-order chi connectivity index (χ0) is 25.1. The van der Waals surface area contributed by atoms with E-state index in [9.17, 15) is 14.4 Å². The van der Waals surface area contributed by atoms with Crippen LogP contribution in [0.3, 0.4) is 0 Å². The molecule has 4 aromatic rings. The van der Waals surface area contributed by atoms with Crippen molar-refractivity contribution in [1.29, 1.82) is 0 Å². The molecule has 0 radical (unpaired) electrons. The molecule has 4 rings (SSSR count). The monoisotopic (exact) mass is 491 g/mol. The lowest BCUT2D eigenvalue weighted by molar-refractivity contribution is -0.118. The summed E-state index contributed by atoms with van der Waals surface area (Å²) in [6.07, 6.45) is 0. The third kappa shape index (κ3) is 4.97. The van der Waals surface area contributed by atoms with Gasteiger partial charge in [0.1, 0.15) is 10.6 Å². The van der Waals surface area contributed by atoms with Gasteiger partial charge >= 0.3 is 5.97 Å². The molecule has 0 bridgehead atoms. The average Bonchev–Trinajstić information content (AvgIpc) is 3.12. The Morgan fingerprint density at radius 1 is 1.06 bits per heavy atom. The minimum Gasteiger partial charge on any atom is -0.476 e. The van der Waals surface area contributed by atoms with Crippen LogP contribution in [0.5, 0.6) is 5.75 Å². The maximum Gasteiger partial charge on any atom is 0.341 e. The van der Waals surface area contributed by atoms with Gasteiger partial charge in [-0.15, -0.1) is 11.3 Å². The first-order valence-corrected chi connectivity index (χ1v) is 11.9. The normalized spacial score (nSPS) is 10.9. The molecule has 0 unspecified atom stereocenters. The molecule has 0 saturated heterocycles. The van der Waals surface area contributed by atoms with Crippen LogP contribution in [-0.4, -0.2) is 25.1 Å². The molecule has 0 aliphatic heterocycles. The fraction of sp³-hybridized carbons (Fsp3) is 0.222. The summed E-state index contributed by atoms with van der Waals surface area (Å²) in [5, 5.41) is 3.48. The second kappa shape index (κ2) is 10.1. The van der Waals surface area contributed by atoms with E-state index >= 15 is 0 Å². The van der Waals surface area contributed by atoms with Crippen molar-refractivity contribution in [2.45, 2.75) is 27.7 Å². The largest absolute Gasteiger partial charge is 0.476 e. The molecule has 8 heteroatoms. The molecule has 0 spiro atoms. The Bertz CT molecular complexity index is 1470. The summed E-state index contributed by atoms with van der Waals surface area (Å²) in [7, 11) is 0. The predicted octanol–water partition coefficient (Wildman–Crippen LogP) is 5.64. The zero-order valence-corrected chi connectivity index (χ0v) is 20.7. The third-order valence-corrected chi connectivity index (χ3v) is 6.63. The van der Waals surface area contributed by atoms with E-state index in [0.29, 0.717) is 27.1 Å². The number of hydrogen-bond donors (Lipinski definition) is 1. The molecule has 1 amide bonds. The molecule has 0 saturated carbocycles. The summed E-state index contributed by atoms with van der Waals surface area (Å²) < 4.78 is 16.9. The van der Waals surface area contributed by atoms with E-state index in [1.807, 2.05) is 38.1 Å². The summed E-state index contributed by atoms with van der Waals surface area (Å²) in [6.45, 7) is 7.05. The number of nitrogens with one attached hydrogen (secondary N) is 1. The number of thiophene rings is 1. The molecule has 7 nitrogen and oxygen atoms in total. The topological polar surface area (TPSA) is 94.8 Å². The quantitative estimate of drug-likeness (QED) is 0.336. The van der Waals surface area contributed by atoms with Crippen molar-refractivity contribution in [2.75, 3.05) is 18.5 Å². The van der Waals surface area contributed by atoms with Crippen LogP contribution in [0, 0.1) is 20.8 Å². The first-order valence-electron chi connectivity index (χ1n) is 11.1. The zero-order valence-electron chi connectivity index (χ0n) is 19.9. The van der Waals surface area contributed by atoms with Crippen LogP contribution in [0.2, 0.25) is 0 Å². The van der Waals surface area contributed by atoms with Gasteiger partial charge in [-0.1, -0.05) is 42.0 Å².